The van der Waals surface area contributed by atoms with Gasteiger partial charge in [0.05, 0.1) is 0 Å². The minimum absolute atomic E-state index is 0.220. The number of hydrogen-bond donors (Lipinski definition) is 0. The van der Waals surface area contributed by atoms with Gasteiger partial charge in [0.1, 0.15) is 0 Å². The summed E-state index contributed by atoms with van der Waals surface area (Å²) >= 11 is 0. The van der Waals surface area contributed by atoms with E-state index in [1.807, 2.05) is 27.7 Å². The predicted octanol–water partition coefficient (Wildman–Crippen LogP) is 2.31. The smallest absolute Gasteiger partial charge is 0.0415 e. The Morgan fingerprint density at radius 1 is 0.800 bits per heavy atom. The fourth-order valence-corrected chi connectivity index (χ4v) is 0.361. The molecule has 10 heavy (non-hydrogen) atoms. The van der Waals surface area contributed by atoms with E-state index in [0.29, 0.717) is 0 Å². The monoisotopic (exact) mass is 134 g/mol. The van der Waals surface area contributed by atoms with Crippen molar-refractivity contribution in [3.63, 3.8) is 0 Å². The molecular weight excluding hydrogens is 120 g/mol. The Bertz CT molecular complexity index is 169. The third kappa shape index (κ3) is 1.34. The van der Waals surface area contributed by atoms with Gasteiger partial charge in [-0.2, -0.15) is 0 Å². The Morgan fingerprint density at radius 2 is 1.00 bits per heavy atom. The molecule has 0 radical (unpaired) electrons. The van der Waals surface area contributed by atoms with Crippen LogP contribution in [0.5, 0.6) is 0 Å². The van der Waals surface area contributed by atoms with Gasteiger partial charge < -0.3 is 0 Å². The summed E-state index contributed by atoms with van der Waals surface area (Å²) in [6.45, 7) is 7.92. The summed E-state index contributed by atoms with van der Waals surface area (Å²) in [6, 6.07) is 0. The summed E-state index contributed by atoms with van der Waals surface area (Å²) in [7, 11) is 0. The van der Waals surface area contributed by atoms with E-state index in [1.165, 1.54) is 0 Å². The highest BCUT2D eigenvalue weighted by molar-refractivity contribution is 5.17. The fourth-order valence-electron chi connectivity index (χ4n) is 0.361. The molecule has 0 atom stereocenters. The molecule has 0 heterocycles. The predicted molar refractivity (Wildman–Crippen MR) is 45.2 cm³/mol. The quantitative estimate of drug-likeness (QED) is 0.483. The number of rotatable bonds is 1. The van der Waals surface area contributed by atoms with Gasteiger partial charge in [-0.3, -0.25) is 0 Å². The topological polar surface area (TPSA) is 0 Å². The summed E-state index contributed by atoms with van der Waals surface area (Å²) < 4.78 is 0. The second kappa shape index (κ2) is 2.39. The third-order valence-electron chi connectivity index (χ3n) is 2.28. The summed E-state index contributed by atoms with van der Waals surface area (Å²) in [5.74, 6) is 5.38. The van der Waals surface area contributed by atoms with Crippen molar-refractivity contribution in [3.8, 4) is 24.7 Å². The third-order valence-corrected chi connectivity index (χ3v) is 2.28. The van der Waals surface area contributed by atoms with Gasteiger partial charge in [-0.05, 0) is 27.7 Å². The minimum atomic E-state index is -0.220. The van der Waals surface area contributed by atoms with Crippen molar-refractivity contribution in [2.24, 2.45) is 10.8 Å². The second-order valence-electron chi connectivity index (χ2n) is 3.54. The van der Waals surface area contributed by atoms with Crippen LogP contribution in [0.15, 0.2) is 0 Å². The van der Waals surface area contributed by atoms with E-state index in [-0.39, 0.29) is 10.8 Å². The lowest BCUT2D eigenvalue weighted by Gasteiger charge is -2.32. The highest BCUT2D eigenvalue weighted by Gasteiger charge is 2.33. The molecule has 0 amide bonds. The average molecular weight is 134 g/mol. The maximum absolute atomic E-state index is 5.32. The molecule has 0 spiro atoms. The average Bonchev–Trinajstić information content (AvgIpc) is 1.88. The molecule has 0 fully saturated rings. The maximum Gasteiger partial charge on any atom is 0.0415 e. The fraction of sp³-hybridized carbons (Fsp3) is 0.600. The molecule has 0 aromatic rings. The number of hydrogen-bond acceptors (Lipinski definition) is 0. The molecule has 0 saturated carbocycles. The molecule has 0 aliphatic carbocycles. The standard InChI is InChI=1S/C10H14/c1-7-9(3,4)10(5,6)8-2/h1-2H,3-6H3. The van der Waals surface area contributed by atoms with Gasteiger partial charge in [-0.15, -0.1) is 12.8 Å². The lowest BCUT2D eigenvalue weighted by Crippen LogP contribution is -2.29. The maximum atomic E-state index is 5.32. The molecule has 0 bridgehead atoms. The Morgan fingerprint density at radius 3 is 1.10 bits per heavy atom. The molecule has 0 rings (SSSR count). The minimum Gasteiger partial charge on any atom is -0.119 e. The highest BCUT2D eigenvalue weighted by atomic mass is 14.3. The largest absolute Gasteiger partial charge is 0.119 e. The Kier molecular flexibility index (Phi) is 2.18. The molecule has 54 valence electrons. The zero-order valence-corrected chi connectivity index (χ0v) is 7.15. The lowest BCUT2D eigenvalue weighted by atomic mass is 9.69. The van der Waals surface area contributed by atoms with E-state index in [1.54, 1.807) is 0 Å². The summed E-state index contributed by atoms with van der Waals surface area (Å²) in [5, 5.41) is 0. The van der Waals surface area contributed by atoms with E-state index in [4.69, 9.17) is 12.8 Å². The van der Waals surface area contributed by atoms with Crippen molar-refractivity contribution in [2.45, 2.75) is 27.7 Å². The van der Waals surface area contributed by atoms with E-state index in [0.717, 1.165) is 0 Å². The van der Waals surface area contributed by atoms with Crippen LogP contribution in [0.3, 0.4) is 0 Å². The molecule has 0 aromatic carbocycles. The van der Waals surface area contributed by atoms with Crippen LogP contribution in [0.2, 0.25) is 0 Å². The molecular formula is C10H14. The molecule has 0 unspecified atom stereocenters. The zero-order valence-electron chi connectivity index (χ0n) is 7.15. The summed E-state index contributed by atoms with van der Waals surface area (Å²) in [5.41, 5.74) is -0.441. The van der Waals surface area contributed by atoms with Gasteiger partial charge in [0.2, 0.25) is 0 Å². The van der Waals surface area contributed by atoms with Crippen LogP contribution in [0.1, 0.15) is 27.7 Å². The van der Waals surface area contributed by atoms with Gasteiger partial charge in [0.25, 0.3) is 0 Å². The molecule has 0 aliphatic rings. The first-order valence-corrected chi connectivity index (χ1v) is 3.33. The van der Waals surface area contributed by atoms with Crippen LogP contribution in [0.4, 0.5) is 0 Å². The van der Waals surface area contributed by atoms with Crippen molar-refractivity contribution in [1.29, 1.82) is 0 Å². The van der Waals surface area contributed by atoms with Gasteiger partial charge >= 0.3 is 0 Å². The van der Waals surface area contributed by atoms with Crippen LogP contribution in [0.25, 0.3) is 0 Å². The van der Waals surface area contributed by atoms with E-state index in [2.05, 4.69) is 11.8 Å². The first-order valence-electron chi connectivity index (χ1n) is 3.33. The first kappa shape index (κ1) is 9.12. The number of terminal acetylenes is 2. The SMILES string of the molecule is C#CC(C)(C)C(C)(C)C#C. The van der Waals surface area contributed by atoms with E-state index < -0.39 is 0 Å². The van der Waals surface area contributed by atoms with Crippen molar-refractivity contribution in [2.75, 3.05) is 0 Å². The Labute approximate surface area is 64.0 Å². The van der Waals surface area contributed by atoms with Gasteiger partial charge in [-0.1, -0.05) is 11.8 Å². The van der Waals surface area contributed by atoms with Gasteiger partial charge in [-0.25, -0.2) is 0 Å². The summed E-state index contributed by atoms with van der Waals surface area (Å²) in [4.78, 5) is 0. The van der Waals surface area contributed by atoms with Crippen molar-refractivity contribution in [3.05, 3.63) is 0 Å². The van der Waals surface area contributed by atoms with Crippen LogP contribution in [0, 0.1) is 35.5 Å². The molecule has 0 N–H and O–H groups in total. The molecule has 0 aromatic heterocycles. The van der Waals surface area contributed by atoms with Crippen LogP contribution in [-0.2, 0) is 0 Å². The molecule has 0 saturated heterocycles. The molecule has 0 aliphatic heterocycles. The molecule has 0 nitrogen and oxygen atoms in total. The van der Waals surface area contributed by atoms with Crippen molar-refractivity contribution < 1.29 is 0 Å². The summed E-state index contributed by atoms with van der Waals surface area (Å²) in [6.07, 6.45) is 10.6. The van der Waals surface area contributed by atoms with Crippen molar-refractivity contribution >= 4 is 0 Å². The lowest BCUT2D eigenvalue weighted by molar-refractivity contribution is 0.260. The normalized spacial score (nSPS) is 11.8. The van der Waals surface area contributed by atoms with Crippen LogP contribution in [-0.4, -0.2) is 0 Å². The Balaban J connectivity index is 4.71. The van der Waals surface area contributed by atoms with Gasteiger partial charge in [0.15, 0.2) is 0 Å². The molecule has 0 heteroatoms. The van der Waals surface area contributed by atoms with E-state index in [9.17, 15) is 0 Å². The van der Waals surface area contributed by atoms with Crippen LogP contribution < -0.4 is 0 Å². The highest BCUT2D eigenvalue weighted by Crippen LogP contribution is 2.36. The van der Waals surface area contributed by atoms with Gasteiger partial charge in [0, 0.05) is 10.8 Å². The first-order chi connectivity index (χ1) is 4.37. The Hall–Kier alpha value is -0.880. The van der Waals surface area contributed by atoms with E-state index >= 15 is 0 Å². The second-order valence-corrected chi connectivity index (χ2v) is 3.54. The zero-order chi connectivity index (χ0) is 8.41. The van der Waals surface area contributed by atoms with Crippen molar-refractivity contribution in [1.82, 2.24) is 0 Å². The van der Waals surface area contributed by atoms with Crippen LogP contribution >= 0.6 is 0 Å².